The topological polar surface area (TPSA) is 46.6 Å². The maximum absolute atomic E-state index is 12.9. The Morgan fingerprint density at radius 1 is 0.889 bits per heavy atom. The molecule has 1 heterocycles. The highest BCUT2D eigenvalue weighted by Gasteiger charge is 2.59. The minimum Gasteiger partial charge on any atom is -0.457 e. The number of ether oxygens (including phenoxy) is 1. The first-order valence-corrected chi connectivity index (χ1v) is 9.45. The van der Waals surface area contributed by atoms with Gasteiger partial charge in [0.2, 0.25) is 11.8 Å². The summed E-state index contributed by atoms with van der Waals surface area (Å²) in [7, 11) is 0. The summed E-state index contributed by atoms with van der Waals surface area (Å²) in [5, 5.41) is 0. The van der Waals surface area contributed by atoms with E-state index in [-0.39, 0.29) is 35.5 Å². The van der Waals surface area contributed by atoms with Gasteiger partial charge < -0.3 is 4.74 Å². The maximum atomic E-state index is 12.9. The highest BCUT2D eigenvalue weighted by molar-refractivity contribution is 6.22. The van der Waals surface area contributed by atoms with Gasteiger partial charge in [-0.05, 0) is 73.6 Å². The molecule has 0 aromatic heterocycles. The first-order valence-electron chi connectivity index (χ1n) is 9.45. The largest absolute Gasteiger partial charge is 0.457 e. The second-order valence-corrected chi connectivity index (χ2v) is 7.81. The van der Waals surface area contributed by atoms with Crippen LogP contribution >= 0.6 is 0 Å². The molecule has 2 aliphatic carbocycles. The summed E-state index contributed by atoms with van der Waals surface area (Å²) in [6, 6.07) is 13.2. The van der Waals surface area contributed by atoms with Crippen molar-refractivity contribution in [3.8, 4) is 11.5 Å². The number of aryl methyl sites for hydroxylation is 1. The lowest BCUT2D eigenvalue weighted by Crippen LogP contribution is -2.32. The van der Waals surface area contributed by atoms with Crippen molar-refractivity contribution in [2.24, 2.45) is 23.7 Å². The van der Waals surface area contributed by atoms with Crippen LogP contribution in [0.3, 0.4) is 0 Å². The van der Waals surface area contributed by atoms with E-state index in [0.717, 1.165) is 17.7 Å². The molecule has 2 bridgehead atoms. The van der Waals surface area contributed by atoms with E-state index in [9.17, 15) is 9.59 Å². The summed E-state index contributed by atoms with van der Waals surface area (Å²) in [5.41, 5.74) is 2.90. The van der Waals surface area contributed by atoms with E-state index in [1.54, 1.807) is 12.1 Å². The zero-order valence-electron chi connectivity index (χ0n) is 15.4. The van der Waals surface area contributed by atoms with Gasteiger partial charge in [0, 0.05) is 0 Å². The molecule has 0 unspecified atom stereocenters. The van der Waals surface area contributed by atoms with Crippen LogP contribution in [-0.2, 0) is 9.59 Å². The molecule has 2 aromatic rings. The summed E-state index contributed by atoms with van der Waals surface area (Å²) >= 11 is 0. The van der Waals surface area contributed by atoms with Crippen LogP contribution in [0, 0.1) is 37.5 Å². The van der Waals surface area contributed by atoms with E-state index in [2.05, 4.69) is 25.1 Å². The van der Waals surface area contributed by atoms with Crippen molar-refractivity contribution in [2.75, 3.05) is 4.90 Å². The molecule has 0 spiro atoms. The van der Waals surface area contributed by atoms with Crippen molar-refractivity contribution < 1.29 is 14.3 Å². The predicted octanol–water partition coefficient (Wildman–Crippen LogP) is 4.41. The minimum atomic E-state index is -0.168. The van der Waals surface area contributed by atoms with Crippen molar-refractivity contribution in [1.82, 2.24) is 0 Å². The Bertz CT molecular complexity index is 946. The van der Waals surface area contributed by atoms with Gasteiger partial charge in [-0.25, -0.2) is 0 Å². The molecular weight excluding hydrogens is 338 g/mol. The molecule has 5 rings (SSSR count). The number of benzene rings is 2. The van der Waals surface area contributed by atoms with Gasteiger partial charge >= 0.3 is 0 Å². The van der Waals surface area contributed by atoms with Gasteiger partial charge in [-0.15, -0.1) is 0 Å². The molecule has 2 fully saturated rings. The van der Waals surface area contributed by atoms with Crippen LogP contribution in [0.5, 0.6) is 11.5 Å². The zero-order valence-corrected chi connectivity index (χ0v) is 15.4. The standard InChI is InChI=1S/C23H21NO3/c1-13-4-3-5-19(14(13)2)27-18-10-8-17(9-11-18)24-22(25)20-15-6-7-16(12-15)21(20)23(24)26/h3-11,15-16,20-21H,12H2,1-2H3/t15-,16-,20+,21+/m0/s1. The minimum absolute atomic E-state index is 0.0509. The Morgan fingerprint density at radius 2 is 1.52 bits per heavy atom. The molecule has 1 aliphatic heterocycles. The molecule has 136 valence electrons. The number of imide groups is 1. The number of carbonyl (C=O) groups is 2. The van der Waals surface area contributed by atoms with E-state index < -0.39 is 0 Å². The number of rotatable bonds is 3. The Hall–Kier alpha value is -2.88. The zero-order chi connectivity index (χ0) is 18.7. The molecular formula is C23H21NO3. The number of carbonyl (C=O) groups excluding carboxylic acids is 2. The van der Waals surface area contributed by atoms with Crippen LogP contribution in [0.1, 0.15) is 17.5 Å². The van der Waals surface area contributed by atoms with E-state index in [4.69, 9.17) is 4.74 Å². The van der Waals surface area contributed by atoms with Gasteiger partial charge in [-0.3, -0.25) is 14.5 Å². The molecule has 4 atom stereocenters. The number of allylic oxidation sites excluding steroid dienone is 2. The van der Waals surface area contributed by atoms with Gasteiger partial charge in [-0.2, -0.15) is 0 Å². The molecule has 2 amide bonds. The first kappa shape index (κ1) is 16.3. The van der Waals surface area contributed by atoms with Gasteiger partial charge in [0.1, 0.15) is 11.5 Å². The lowest BCUT2D eigenvalue weighted by Gasteiger charge is -2.18. The summed E-state index contributed by atoms with van der Waals surface area (Å²) in [5.74, 6) is 1.52. The highest BCUT2D eigenvalue weighted by Crippen LogP contribution is 2.53. The molecule has 1 saturated carbocycles. The van der Waals surface area contributed by atoms with Crippen molar-refractivity contribution in [1.29, 1.82) is 0 Å². The normalized spacial score (nSPS) is 28.1. The average Bonchev–Trinajstić information content (AvgIpc) is 3.34. The van der Waals surface area contributed by atoms with E-state index in [1.807, 2.05) is 31.2 Å². The van der Waals surface area contributed by atoms with Crippen LogP contribution in [-0.4, -0.2) is 11.8 Å². The second-order valence-electron chi connectivity index (χ2n) is 7.81. The van der Waals surface area contributed by atoms with Gasteiger partial charge in [0.15, 0.2) is 0 Å². The van der Waals surface area contributed by atoms with Crippen LogP contribution in [0.15, 0.2) is 54.6 Å². The van der Waals surface area contributed by atoms with Crippen molar-refractivity contribution >= 4 is 17.5 Å². The van der Waals surface area contributed by atoms with Crippen LogP contribution in [0.25, 0.3) is 0 Å². The smallest absolute Gasteiger partial charge is 0.238 e. The summed E-state index contributed by atoms with van der Waals surface area (Å²) < 4.78 is 5.98. The van der Waals surface area contributed by atoms with Gasteiger partial charge in [0.25, 0.3) is 0 Å². The number of hydrogen-bond donors (Lipinski definition) is 0. The fraction of sp³-hybridized carbons (Fsp3) is 0.304. The van der Waals surface area contributed by atoms with Crippen LogP contribution < -0.4 is 9.64 Å². The molecule has 0 radical (unpaired) electrons. The Labute approximate surface area is 158 Å². The number of hydrogen-bond acceptors (Lipinski definition) is 3. The Kier molecular flexibility index (Phi) is 3.51. The van der Waals surface area contributed by atoms with Crippen molar-refractivity contribution in [3.63, 3.8) is 0 Å². The SMILES string of the molecule is Cc1cccc(Oc2ccc(N3C(=O)[C@H]4[C@H](C3=O)[C@H]3C=C[C@H]4C3)cc2)c1C. The van der Waals surface area contributed by atoms with E-state index in [0.29, 0.717) is 11.4 Å². The van der Waals surface area contributed by atoms with Gasteiger partial charge in [0.05, 0.1) is 17.5 Å². The van der Waals surface area contributed by atoms with E-state index in [1.165, 1.54) is 10.5 Å². The number of amides is 2. The summed E-state index contributed by atoms with van der Waals surface area (Å²) in [6.07, 6.45) is 5.17. The second kappa shape index (κ2) is 5.81. The molecule has 27 heavy (non-hydrogen) atoms. The lowest BCUT2D eigenvalue weighted by atomic mass is 9.85. The highest BCUT2D eigenvalue weighted by atomic mass is 16.5. The third-order valence-corrected chi connectivity index (χ3v) is 6.35. The Balaban J connectivity index is 1.39. The third kappa shape index (κ3) is 2.36. The predicted molar refractivity (Wildman–Crippen MR) is 103 cm³/mol. The quantitative estimate of drug-likeness (QED) is 0.602. The Morgan fingerprint density at radius 3 is 2.15 bits per heavy atom. The number of fused-ring (bicyclic) bond motifs is 5. The molecule has 0 N–H and O–H groups in total. The fourth-order valence-electron chi connectivity index (χ4n) is 4.78. The van der Waals surface area contributed by atoms with Gasteiger partial charge in [-0.1, -0.05) is 24.3 Å². The number of nitrogens with zero attached hydrogens (tertiary/aromatic N) is 1. The molecule has 2 aromatic carbocycles. The van der Waals surface area contributed by atoms with Crippen LogP contribution in [0.2, 0.25) is 0 Å². The summed E-state index contributed by atoms with van der Waals surface area (Å²) in [4.78, 5) is 27.1. The lowest BCUT2D eigenvalue weighted by molar-refractivity contribution is -0.123. The van der Waals surface area contributed by atoms with E-state index >= 15 is 0 Å². The van der Waals surface area contributed by atoms with Crippen molar-refractivity contribution in [3.05, 3.63) is 65.7 Å². The molecule has 4 nitrogen and oxygen atoms in total. The summed E-state index contributed by atoms with van der Waals surface area (Å²) in [6.45, 7) is 4.08. The van der Waals surface area contributed by atoms with Crippen LogP contribution in [0.4, 0.5) is 5.69 Å². The third-order valence-electron chi connectivity index (χ3n) is 6.35. The molecule has 1 saturated heterocycles. The molecule has 4 heteroatoms. The average molecular weight is 359 g/mol. The fourth-order valence-corrected chi connectivity index (χ4v) is 4.78. The number of anilines is 1. The molecule has 3 aliphatic rings. The van der Waals surface area contributed by atoms with Crippen molar-refractivity contribution in [2.45, 2.75) is 20.3 Å². The first-order chi connectivity index (χ1) is 13.0. The monoisotopic (exact) mass is 359 g/mol. The maximum Gasteiger partial charge on any atom is 0.238 e.